The van der Waals surface area contributed by atoms with Crippen molar-refractivity contribution in [3.05, 3.63) is 24.3 Å². The van der Waals surface area contributed by atoms with Gasteiger partial charge in [0.2, 0.25) is 0 Å². The molecule has 1 saturated heterocycles. The lowest BCUT2D eigenvalue weighted by Crippen LogP contribution is -2.35. The predicted molar refractivity (Wildman–Crippen MR) is 69.2 cm³/mol. The van der Waals surface area contributed by atoms with E-state index in [2.05, 4.69) is 16.0 Å². The van der Waals surface area contributed by atoms with Gasteiger partial charge >= 0.3 is 6.03 Å². The summed E-state index contributed by atoms with van der Waals surface area (Å²) in [6, 6.07) is 7.58. The number of benzene rings is 1. The summed E-state index contributed by atoms with van der Waals surface area (Å²) >= 11 is 0. The minimum absolute atomic E-state index is 0.534. The second-order valence-electron chi connectivity index (χ2n) is 4.24. The fraction of sp³-hybridized carbons (Fsp3) is 0.417. The van der Waals surface area contributed by atoms with Crippen LogP contribution in [-0.2, 0) is 0 Å². The molecule has 0 saturated carbocycles. The first-order valence-electron chi connectivity index (χ1n) is 5.88. The first-order valence-corrected chi connectivity index (χ1v) is 5.88. The summed E-state index contributed by atoms with van der Waals surface area (Å²) < 4.78 is 0. The van der Waals surface area contributed by atoms with Gasteiger partial charge in [-0.2, -0.15) is 0 Å². The minimum Gasteiger partial charge on any atom is -0.382 e. The lowest BCUT2D eigenvalue weighted by atomic mass is 10.1. The largest absolute Gasteiger partial charge is 0.382 e. The molecule has 0 atom stereocenters. The van der Waals surface area contributed by atoms with E-state index in [-0.39, 0.29) is 0 Å². The van der Waals surface area contributed by atoms with Crippen LogP contribution in [0.5, 0.6) is 0 Å². The molecule has 5 N–H and O–H groups in total. The number of carbonyl (C=O) groups is 1. The average Bonchev–Trinajstić information content (AvgIpc) is 2.32. The number of amides is 2. The van der Waals surface area contributed by atoms with Gasteiger partial charge in [0.05, 0.1) is 0 Å². The first kappa shape index (κ1) is 11.7. The van der Waals surface area contributed by atoms with Crippen LogP contribution in [0.4, 0.5) is 16.2 Å². The molecule has 0 spiro atoms. The van der Waals surface area contributed by atoms with Crippen LogP contribution in [0, 0.1) is 0 Å². The normalized spacial score (nSPS) is 16.5. The number of piperidine rings is 1. The van der Waals surface area contributed by atoms with Gasteiger partial charge < -0.3 is 21.7 Å². The van der Waals surface area contributed by atoms with Crippen molar-refractivity contribution in [2.45, 2.75) is 18.9 Å². The highest BCUT2D eigenvalue weighted by Crippen LogP contribution is 2.16. The van der Waals surface area contributed by atoms with Gasteiger partial charge in [0.1, 0.15) is 0 Å². The molecular weight excluding hydrogens is 216 g/mol. The van der Waals surface area contributed by atoms with Crippen molar-refractivity contribution in [2.24, 2.45) is 5.73 Å². The van der Waals surface area contributed by atoms with E-state index in [1.165, 1.54) is 0 Å². The van der Waals surface area contributed by atoms with Crippen LogP contribution in [0.3, 0.4) is 0 Å². The van der Waals surface area contributed by atoms with E-state index in [0.29, 0.717) is 11.7 Å². The molecule has 5 heteroatoms. The number of hydrogen-bond acceptors (Lipinski definition) is 3. The Morgan fingerprint density at radius 3 is 2.35 bits per heavy atom. The molecule has 0 aliphatic carbocycles. The van der Waals surface area contributed by atoms with E-state index < -0.39 is 6.03 Å². The summed E-state index contributed by atoms with van der Waals surface area (Å²) in [6.07, 6.45) is 2.28. The van der Waals surface area contributed by atoms with Crippen molar-refractivity contribution in [1.29, 1.82) is 0 Å². The zero-order valence-electron chi connectivity index (χ0n) is 9.70. The molecule has 0 radical (unpaired) electrons. The highest BCUT2D eigenvalue weighted by Gasteiger charge is 2.12. The highest BCUT2D eigenvalue weighted by molar-refractivity contribution is 5.87. The Hall–Kier alpha value is -1.75. The predicted octanol–water partition coefficient (Wildman–Crippen LogP) is 1.34. The highest BCUT2D eigenvalue weighted by atomic mass is 16.2. The number of rotatable bonds is 3. The molecule has 5 nitrogen and oxygen atoms in total. The molecule has 92 valence electrons. The lowest BCUT2D eigenvalue weighted by Gasteiger charge is -2.24. The van der Waals surface area contributed by atoms with E-state index >= 15 is 0 Å². The molecule has 17 heavy (non-hydrogen) atoms. The summed E-state index contributed by atoms with van der Waals surface area (Å²) in [4.78, 5) is 10.7. The molecule has 0 bridgehead atoms. The smallest absolute Gasteiger partial charge is 0.316 e. The Morgan fingerprint density at radius 1 is 1.18 bits per heavy atom. The Balaban J connectivity index is 1.90. The molecule has 1 heterocycles. The van der Waals surface area contributed by atoms with Gasteiger partial charge in [-0.25, -0.2) is 4.79 Å². The fourth-order valence-corrected chi connectivity index (χ4v) is 1.99. The molecule has 1 aliphatic heterocycles. The van der Waals surface area contributed by atoms with Gasteiger partial charge in [-0.15, -0.1) is 0 Å². The quantitative estimate of drug-likeness (QED) is 0.637. The van der Waals surface area contributed by atoms with Gasteiger partial charge in [0.15, 0.2) is 0 Å². The standard InChI is InChI=1S/C12H18N4O/c13-12(17)16-10-3-1-9(2-4-10)15-11-5-7-14-8-6-11/h1-4,11,14-15H,5-8H2,(H3,13,16,17). The van der Waals surface area contributed by atoms with Crippen LogP contribution >= 0.6 is 0 Å². The summed E-state index contributed by atoms with van der Waals surface area (Å²) in [5, 5.41) is 9.34. The van der Waals surface area contributed by atoms with Gasteiger partial charge in [0.25, 0.3) is 0 Å². The topological polar surface area (TPSA) is 79.2 Å². The lowest BCUT2D eigenvalue weighted by molar-refractivity contribution is 0.259. The van der Waals surface area contributed by atoms with Crippen LogP contribution in [0.25, 0.3) is 0 Å². The number of primary amides is 1. The fourth-order valence-electron chi connectivity index (χ4n) is 1.99. The van der Waals surface area contributed by atoms with Crippen molar-refractivity contribution in [3.8, 4) is 0 Å². The van der Waals surface area contributed by atoms with Crippen molar-refractivity contribution in [1.82, 2.24) is 5.32 Å². The van der Waals surface area contributed by atoms with Crippen molar-refractivity contribution in [2.75, 3.05) is 23.7 Å². The Morgan fingerprint density at radius 2 is 1.76 bits per heavy atom. The van der Waals surface area contributed by atoms with Crippen LogP contribution in [0.2, 0.25) is 0 Å². The number of nitrogens with two attached hydrogens (primary N) is 1. The van der Waals surface area contributed by atoms with Crippen LogP contribution in [0.1, 0.15) is 12.8 Å². The third kappa shape index (κ3) is 3.64. The number of nitrogens with one attached hydrogen (secondary N) is 3. The van der Waals surface area contributed by atoms with Gasteiger partial charge in [-0.3, -0.25) is 0 Å². The molecular formula is C12H18N4O. The maximum Gasteiger partial charge on any atom is 0.316 e. The number of hydrogen-bond donors (Lipinski definition) is 4. The zero-order valence-corrected chi connectivity index (χ0v) is 9.70. The molecule has 1 aromatic rings. The molecule has 1 aromatic carbocycles. The van der Waals surface area contributed by atoms with Crippen LogP contribution in [-0.4, -0.2) is 25.2 Å². The van der Waals surface area contributed by atoms with Crippen molar-refractivity contribution < 1.29 is 4.79 Å². The number of carbonyl (C=O) groups excluding carboxylic acids is 1. The summed E-state index contributed by atoms with van der Waals surface area (Å²) in [7, 11) is 0. The van der Waals surface area contributed by atoms with Gasteiger partial charge in [-0.05, 0) is 50.2 Å². The molecule has 0 unspecified atom stereocenters. The molecule has 2 amide bonds. The summed E-state index contributed by atoms with van der Waals surface area (Å²) in [5.74, 6) is 0. The minimum atomic E-state index is -0.538. The number of urea groups is 1. The first-order chi connectivity index (χ1) is 8.24. The molecule has 2 rings (SSSR count). The third-order valence-corrected chi connectivity index (χ3v) is 2.86. The van der Waals surface area contributed by atoms with E-state index in [0.717, 1.165) is 31.6 Å². The monoisotopic (exact) mass is 234 g/mol. The van der Waals surface area contributed by atoms with E-state index in [1.54, 1.807) is 0 Å². The summed E-state index contributed by atoms with van der Waals surface area (Å²) in [6.45, 7) is 2.14. The van der Waals surface area contributed by atoms with Crippen molar-refractivity contribution >= 4 is 17.4 Å². The van der Waals surface area contributed by atoms with Crippen molar-refractivity contribution in [3.63, 3.8) is 0 Å². The van der Waals surface area contributed by atoms with Crippen LogP contribution < -0.4 is 21.7 Å². The average molecular weight is 234 g/mol. The molecule has 1 fully saturated rings. The second-order valence-corrected chi connectivity index (χ2v) is 4.24. The Kier molecular flexibility index (Phi) is 3.82. The number of anilines is 2. The Bertz CT molecular complexity index is 371. The van der Waals surface area contributed by atoms with E-state index in [1.807, 2.05) is 24.3 Å². The SMILES string of the molecule is NC(=O)Nc1ccc(NC2CCNCC2)cc1. The second kappa shape index (κ2) is 5.54. The van der Waals surface area contributed by atoms with E-state index in [9.17, 15) is 4.79 Å². The van der Waals surface area contributed by atoms with Gasteiger partial charge in [0, 0.05) is 17.4 Å². The third-order valence-electron chi connectivity index (χ3n) is 2.86. The maximum absolute atomic E-state index is 10.7. The van der Waals surface area contributed by atoms with E-state index in [4.69, 9.17) is 5.73 Å². The molecule has 1 aliphatic rings. The molecule has 0 aromatic heterocycles. The zero-order chi connectivity index (χ0) is 12.1. The Labute approximate surface area is 101 Å². The van der Waals surface area contributed by atoms with Gasteiger partial charge in [-0.1, -0.05) is 0 Å². The maximum atomic E-state index is 10.7. The van der Waals surface area contributed by atoms with Crippen LogP contribution in [0.15, 0.2) is 24.3 Å². The summed E-state index contributed by atoms with van der Waals surface area (Å²) in [5.41, 5.74) is 6.83.